The molecule has 28 heavy (non-hydrogen) atoms. The van der Waals surface area contributed by atoms with Gasteiger partial charge in [0.2, 0.25) is 5.60 Å². The number of hydrogen-bond acceptors (Lipinski definition) is 9. The molecule has 2 rings (SSSR count). The molecule has 0 saturated carbocycles. The first kappa shape index (κ1) is 21.8. The molecule has 0 bridgehead atoms. The number of rotatable bonds is 5. The molecule has 10 heteroatoms. The Balaban J connectivity index is 3.05. The molecular weight excluding hydrogens is 374 g/mol. The molecule has 10 nitrogen and oxygen atoms in total. The largest absolute Gasteiger partial charge is 0.547 e. The Morgan fingerprint density at radius 2 is 1.36 bits per heavy atom. The number of ketones is 3. The van der Waals surface area contributed by atoms with Gasteiger partial charge in [0.1, 0.15) is 6.10 Å². The Hall–Kier alpha value is -2.53. The van der Waals surface area contributed by atoms with E-state index in [2.05, 4.69) is 0 Å². The molecule has 0 aromatic carbocycles. The third-order valence-electron chi connectivity index (χ3n) is 5.45. The topological polar surface area (TPSA) is 165 Å². The number of pyridine rings is 1. The van der Waals surface area contributed by atoms with Crippen LogP contribution in [0.4, 0.5) is 0 Å². The van der Waals surface area contributed by atoms with Crippen LogP contribution < -0.4 is 9.67 Å². The van der Waals surface area contributed by atoms with Gasteiger partial charge in [0.15, 0.2) is 35.3 Å². The lowest BCUT2D eigenvalue weighted by atomic mass is 9.57. The second-order valence-electron chi connectivity index (χ2n) is 6.94. The summed E-state index contributed by atoms with van der Waals surface area (Å²) in [6, 6.07) is 4.46. The van der Waals surface area contributed by atoms with Crippen LogP contribution in [0.15, 0.2) is 30.6 Å². The summed E-state index contributed by atoms with van der Waals surface area (Å²) in [7, 11) is 0. The first-order chi connectivity index (χ1) is 12.7. The van der Waals surface area contributed by atoms with Crippen LogP contribution in [0.1, 0.15) is 27.7 Å². The van der Waals surface area contributed by atoms with E-state index in [0.29, 0.717) is 13.8 Å². The van der Waals surface area contributed by atoms with E-state index >= 15 is 0 Å². The average molecular weight is 395 g/mol. The fraction of sp³-hybridized carbons (Fsp3) is 0.500. The van der Waals surface area contributed by atoms with Gasteiger partial charge in [-0.1, -0.05) is 6.07 Å². The fourth-order valence-electron chi connectivity index (χ4n) is 3.89. The summed E-state index contributed by atoms with van der Waals surface area (Å²) in [5, 5.41) is 45.4. The highest BCUT2D eigenvalue weighted by Crippen LogP contribution is 2.51. The van der Waals surface area contributed by atoms with Crippen molar-refractivity contribution in [3.63, 3.8) is 0 Å². The van der Waals surface area contributed by atoms with Crippen molar-refractivity contribution in [2.45, 2.75) is 56.3 Å². The van der Waals surface area contributed by atoms with E-state index in [1.807, 2.05) is 0 Å². The number of carbonyl (C=O) groups excluding carboxylic acids is 4. The molecule has 1 saturated heterocycles. The minimum Gasteiger partial charge on any atom is -0.547 e. The van der Waals surface area contributed by atoms with Gasteiger partial charge in [-0.15, -0.1) is 0 Å². The number of nitrogens with zero attached hydrogens (tertiary/aromatic N) is 1. The molecule has 152 valence electrons. The zero-order valence-corrected chi connectivity index (χ0v) is 15.7. The highest BCUT2D eigenvalue weighted by molar-refractivity contribution is 6.07. The molecule has 2 heterocycles. The number of aliphatic carboxylic acids is 1. The molecule has 1 aliphatic heterocycles. The first-order valence-corrected chi connectivity index (χ1v) is 8.28. The predicted octanol–water partition coefficient (Wildman–Crippen LogP) is -3.24. The van der Waals surface area contributed by atoms with Gasteiger partial charge in [-0.25, -0.2) is 0 Å². The standard InChI is InChI=1S/C18H21NO9/c1-10(20)16(25)13(14(23)24)28-15(4,19-8-6-5-7-9-19)17(26,11(2)21)18(16,27)12(3)22/h5-9,13,25-27H,1-4H3/t13-,15-,16-,17+,18+/m1/s1. The lowest BCUT2D eigenvalue weighted by molar-refractivity contribution is -0.829. The minimum atomic E-state index is -3.57. The van der Waals surface area contributed by atoms with Crippen LogP contribution in [0.25, 0.3) is 0 Å². The highest BCUT2D eigenvalue weighted by atomic mass is 16.6. The first-order valence-electron chi connectivity index (χ1n) is 8.28. The van der Waals surface area contributed by atoms with Crippen molar-refractivity contribution in [2.24, 2.45) is 0 Å². The Kier molecular flexibility index (Phi) is 5.07. The third-order valence-corrected chi connectivity index (χ3v) is 5.45. The number of carboxylic acid groups (broad SMARTS) is 1. The van der Waals surface area contributed by atoms with Crippen LogP contribution in [0, 0.1) is 0 Å². The van der Waals surface area contributed by atoms with E-state index in [-0.39, 0.29) is 0 Å². The van der Waals surface area contributed by atoms with Crippen LogP contribution in [-0.4, -0.2) is 61.5 Å². The Labute approximate surface area is 160 Å². The van der Waals surface area contributed by atoms with Crippen LogP contribution in [0.2, 0.25) is 0 Å². The van der Waals surface area contributed by atoms with E-state index in [0.717, 1.165) is 18.4 Å². The number of Topliss-reactive ketones (excluding diaryl/α,β-unsaturated/α-hetero) is 3. The molecular formula is C18H21NO9. The number of carbonyl (C=O) groups is 4. The molecule has 0 amide bonds. The number of hydrogen-bond donors (Lipinski definition) is 3. The molecule has 3 N–H and O–H groups in total. The van der Waals surface area contributed by atoms with Crippen molar-refractivity contribution >= 4 is 23.3 Å². The predicted molar refractivity (Wildman–Crippen MR) is 87.1 cm³/mol. The lowest BCUT2D eigenvalue weighted by Crippen LogP contribution is -2.92. The summed E-state index contributed by atoms with van der Waals surface area (Å²) < 4.78 is 6.41. The van der Waals surface area contributed by atoms with E-state index in [4.69, 9.17) is 4.74 Å². The zero-order chi connectivity index (χ0) is 21.7. The molecule has 0 radical (unpaired) electrons. The van der Waals surface area contributed by atoms with Crippen LogP contribution in [0.3, 0.4) is 0 Å². The van der Waals surface area contributed by atoms with Crippen LogP contribution >= 0.6 is 0 Å². The normalized spacial score (nSPS) is 37.9. The monoisotopic (exact) mass is 395 g/mol. The lowest BCUT2D eigenvalue weighted by Gasteiger charge is -2.58. The van der Waals surface area contributed by atoms with Crippen molar-refractivity contribution < 1.29 is 48.9 Å². The fourth-order valence-corrected chi connectivity index (χ4v) is 3.89. The van der Waals surface area contributed by atoms with Gasteiger partial charge >= 0.3 is 5.72 Å². The van der Waals surface area contributed by atoms with Gasteiger partial charge in [-0.2, -0.15) is 4.57 Å². The maximum Gasteiger partial charge on any atom is 0.310 e. The van der Waals surface area contributed by atoms with Gasteiger partial charge in [-0.05, 0) is 20.8 Å². The Morgan fingerprint density at radius 1 is 0.893 bits per heavy atom. The van der Waals surface area contributed by atoms with E-state index in [1.165, 1.54) is 24.5 Å². The molecule has 1 aromatic rings. The number of ether oxygens (including phenoxy) is 1. The number of aliphatic hydroxyl groups is 3. The smallest absolute Gasteiger partial charge is 0.310 e. The minimum absolute atomic E-state index is 0.687. The molecule has 0 unspecified atom stereocenters. The molecule has 1 fully saturated rings. The maximum atomic E-state index is 12.6. The van der Waals surface area contributed by atoms with Crippen LogP contribution in [-0.2, 0) is 29.6 Å². The summed E-state index contributed by atoms with van der Waals surface area (Å²) in [6.07, 6.45) is -0.0334. The summed E-state index contributed by atoms with van der Waals surface area (Å²) in [5.41, 5.74) is -12.8. The Bertz CT molecular complexity index is 856. The molecule has 5 atom stereocenters. The molecule has 1 aliphatic rings. The van der Waals surface area contributed by atoms with Crippen molar-refractivity contribution in [3.8, 4) is 0 Å². The molecule has 0 aliphatic carbocycles. The summed E-state index contributed by atoms with van der Waals surface area (Å²) in [4.78, 5) is 49.1. The highest BCUT2D eigenvalue weighted by Gasteiger charge is 2.85. The van der Waals surface area contributed by atoms with Gasteiger partial charge < -0.3 is 30.0 Å². The van der Waals surface area contributed by atoms with Gasteiger partial charge in [-0.3, -0.25) is 14.4 Å². The van der Waals surface area contributed by atoms with Crippen molar-refractivity contribution in [2.75, 3.05) is 0 Å². The quantitative estimate of drug-likeness (QED) is 0.434. The second kappa shape index (κ2) is 6.52. The Morgan fingerprint density at radius 3 is 1.71 bits per heavy atom. The van der Waals surface area contributed by atoms with E-state index in [1.54, 1.807) is 6.07 Å². The molecule has 0 spiro atoms. The summed E-state index contributed by atoms with van der Waals surface area (Å²) >= 11 is 0. The SMILES string of the molecule is CC(=O)[C@@]1(O)[C@](O)(C(C)=O)[C@](C)([n+]2ccccc2)O[C@H](C(=O)[O-])[C@]1(O)C(C)=O. The number of aromatic nitrogens is 1. The maximum absolute atomic E-state index is 12.6. The van der Waals surface area contributed by atoms with E-state index < -0.39 is 52.0 Å². The zero-order valence-electron chi connectivity index (χ0n) is 15.7. The average Bonchev–Trinajstić information content (AvgIpc) is 2.62. The van der Waals surface area contributed by atoms with E-state index in [9.17, 15) is 39.6 Å². The van der Waals surface area contributed by atoms with Gasteiger partial charge in [0.25, 0.3) is 5.60 Å². The number of carboxylic acids is 1. The van der Waals surface area contributed by atoms with Crippen molar-refractivity contribution in [1.29, 1.82) is 0 Å². The van der Waals surface area contributed by atoms with Gasteiger partial charge in [0.05, 0.1) is 5.97 Å². The third kappa shape index (κ3) is 2.32. The second-order valence-corrected chi connectivity index (χ2v) is 6.94. The van der Waals surface area contributed by atoms with Crippen molar-refractivity contribution in [3.05, 3.63) is 30.6 Å². The van der Waals surface area contributed by atoms with Gasteiger partial charge in [0, 0.05) is 19.1 Å². The van der Waals surface area contributed by atoms with Crippen LogP contribution in [0.5, 0.6) is 0 Å². The summed E-state index contributed by atoms with van der Waals surface area (Å²) in [6.45, 7) is 3.23. The molecule has 1 aromatic heterocycles. The van der Waals surface area contributed by atoms with Crippen molar-refractivity contribution in [1.82, 2.24) is 0 Å². The summed E-state index contributed by atoms with van der Waals surface area (Å²) in [5.74, 6) is -6.22.